The van der Waals surface area contributed by atoms with Crippen molar-refractivity contribution in [2.45, 2.75) is 19.2 Å². The molecule has 3 aromatic heterocycles. The monoisotopic (exact) mass is 366 g/mol. The topological polar surface area (TPSA) is 73.3 Å². The number of alkyl halides is 1. The molecule has 0 aliphatic rings. The van der Waals surface area contributed by atoms with Gasteiger partial charge in [0.05, 0.1) is 6.20 Å². The van der Waals surface area contributed by atoms with Crippen LogP contribution < -0.4 is 0 Å². The van der Waals surface area contributed by atoms with Crippen molar-refractivity contribution >= 4 is 23.0 Å². The Morgan fingerprint density at radius 2 is 2.15 bits per heavy atom. The van der Waals surface area contributed by atoms with Crippen molar-refractivity contribution in [3.05, 3.63) is 71.5 Å². The fourth-order valence-electron chi connectivity index (χ4n) is 2.83. The number of ketones is 1. The summed E-state index contributed by atoms with van der Waals surface area (Å²) in [7, 11) is 0. The van der Waals surface area contributed by atoms with Gasteiger partial charge in [0.2, 0.25) is 11.7 Å². The van der Waals surface area contributed by atoms with Gasteiger partial charge in [0.15, 0.2) is 5.78 Å². The minimum absolute atomic E-state index is 0.00138. The molecule has 0 saturated carbocycles. The number of hydrogen-bond acceptors (Lipinski definition) is 5. The standard InChI is InChI=1S/C19H15ClN4O2/c1-12-5-6-13(19-22-18(10-20)26-23-19)8-14(12)9-16(25)15-11-21-17-4-2-3-7-24(15)17/h2-8,11H,9-10H2,1H3. The van der Waals surface area contributed by atoms with Crippen molar-refractivity contribution in [3.8, 4) is 11.4 Å². The van der Waals surface area contributed by atoms with Gasteiger partial charge in [-0.05, 0) is 36.2 Å². The number of carbonyl (C=O) groups excluding carboxylic acids is 1. The van der Waals surface area contributed by atoms with E-state index in [2.05, 4.69) is 15.1 Å². The molecule has 0 N–H and O–H groups in total. The summed E-state index contributed by atoms with van der Waals surface area (Å²) in [5, 5.41) is 3.93. The third kappa shape index (κ3) is 2.99. The lowest BCUT2D eigenvalue weighted by molar-refractivity contribution is 0.0987. The lowest BCUT2D eigenvalue weighted by atomic mass is 9.99. The molecule has 0 aliphatic heterocycles. The molecule has 0 fully saturated rings. The number of imidazole rings is 1. The van der Waals surface area contributed by atoms with Crippen molar-refractivity contribution in [2.24, 2.45) is 0 Å². The van der Waals surface area contributed by atoms with E-state index in [1.165, 1.54) is 0 Å². The lowest BCUT2D eigenvalue weighted by Crippen LogP contribution is -2.08. The Morgan fingerprint density at radius 1 is 1.27 bits per heavy atom. The van der Waals surface area contributed by atoms with Crippen molar-refractivity contribution < 1.29 is 9.32 Å². The number of carbonyl (C=O) groups is 1. The molecule has 3 heterocycles. The number of aryl methyl sites for hydroxylation is 1. The lowest BCUT2D eigenvalue weighted by Gasteiger charge is -2.07. The van der Waals surface area contributed by atoms with Crippen LogP contribution in [0.15, 0.2) is 53.3 Å². The highest BCUT2D eigenvalue weighted by Crippen LogP contribution is 2.22. The average molecular weight is 367 g/mol. The number of nitrogens with zero attached hydrogens (tertiary/aromatic N) is 4. The maximum Gasteiger partial charge on any atom is 0.241 e. The van der Waals surface area contributed by atoms with Gasteiger partial charge in [0.1, 0.15) is 17.2 Å². The molecule has 6 nitrogen and oxygen atoms in total. The average Bonchev–Trinajstić information content (AvgIpc) is 3.30. The number of Topliss-reactive ketones (excluding diaryl/α,β-unsaturated/α-hetero) is 1. The zero-order valence-corrected chi connectivity index (χ0v) is 14.8. The molecule has 130 valence electrons. The van der Waals surface area contributed by atoms with E-state index in [9.17, 15) is 4.79 Å². The molecular weight excluding hydrogens is 352 g/mol. The largest absolute Gasteiger partial charge is 0.338 e. The Balaban J connectivity index is 1.65. The van der Waals surface area contributed by atoms with Crippen molar-refractivity contribution in [3.63, 3.8) is 0 Å². The Bertz CT molecular complexity index is 1100. The minimum atomic E-state index is -0.00138. The number of aromatic nitrogens is 4. The van der Waals surface area contributed by atoms with Gasteiger partial charge in [-0.25, -0.2) is 4.98 Å². The fraction of sp³-hybridized carbons (Fsp3) is 0.158. The van der Waals surface area contributed by atoms with E-state index in [0.717, 1.165) is 22.3 Å². The Morgan fingerprint density at radius 3 is 2.96 bits per heavy atom. The molecule has 4 aromatic rings. The second-order valence-corrected chi connectivity index (χ2v) is 6.23. The molecule has 0 aliphatic carbocycles. The number of benzene rings is 1. The molecule has 0 radical (unpaired) electrons. The summed E-state index contributed by atoms with van der Waals surface area (Å²) >= 11 is 5.71. The van der Waals surface area contributed by atoms with Crippen molar-refractivity contribution in [1.82, 2.24) is 19.5 Å². The molecule has 0 atom stereocenters. The summed E-state index contributed by atoms with van der Waals surface area (Å²) in [4.78, 5) is 21.3. The molecular formula is C19H15ClN4O2. The van der Waals surface area contributed by atoms with Gasteiger partial charge in [-0.2, -0.15) is 4.98 Å². The highest BCUT2D eigenvalue weighted by molar-refractivity contribution is 6.16. The van der Waals surface area contributed by atoms with Gasteiger partial charge in [0, 0.05) is 18.2 Å². The van der Waals surface area contributed by atoms with E-state index in [1.807, 2.05) is 49.5 Å². The second kappa shape index (κ2) is 6.72. The van der Waals surface area contributed by atoms with Crippen LogP contribution in [0.2, 0.25) is 0 Å². The van der Waals surface area contributed by atoms with Crippen molar-refractivity contribution in [1.29, 1.82) is 0 Å². The summed E-state index contributed by atoms with van der Waals surface area (Å²) in [6.45, 7) is 1.97. The predicted molar refractivity (Wildman–Crippen MR) is 97.3 cm³/mol. The molecule has 7 heteroatoms. The van der Waals surface area contributed by atoms with Gasteiger partial charge in [-0.15, -0.1) is 11.6 Å². The maximum absolute atomic E-state index is 12.8. The van der Waals surface area contributed by atoms with E-state index in [-0.39, 0.29) is 18.1 Å². The highest BCUT2D eigenvalue weighted by Gasteiger charge is 2.15. The number of rotatable bonds is 5. The molecule has 0 amide bonds. The zero-order chi connectivity index (χ0) is 18.1. The van der Waals surface area contributed by atoms with E-state index in [1.54, 1.807) is 10.6 Å². The van der Waals surface area contributed by atoms with Crippen LogP contribution in [-0.2, 0) is 12.3 Å². The van der Waals surface area contributed by atoms with Crippen LogP contribution >= 0.6 is 11.6 Å². The van der Waals surface area contributed by atoms with Gasteiger partial charge < -0.3 is 4.52 Å². The second-order valence-electron chi connectivity index (χ2n) is 5.96. The van der Waals surface area contributed by atoms with Crippen LogP contribution in [0, 0.1) is 6.92 Å². The molecule has 26 heavy (non-hydrogen) atoms. The molecule has 0 bridgehead atoms. The first-order valence-electron chi connectivity index (χ1n) is 8.09. The van der Waals surface area contributed by atoms with Crippen LogP contribution in [0.5, 0.6) is 0 Å². The van der Waals surface area contributed by atoms with E-state index in [0.29, 0.717) is 17.4 Å². The Kier molecular flexibility index (Phi) is 4.26. The van der Waals surface area contributed by atoms with E-state index in [4.69, 9.17) is 16.1 Å². The maximum atomic E-state index is 12.8. The summed E-state index contributed by atoms with van der Waals surface area (Å²) in [5.41, 5.74) is 4.04. The smallest absolute Gasteiger partial charge is 0.241 e. The molecule has 1 aromatic carbocycles. The van der Waals surface area contributed by atoms with E-state index >= 15 is 0 Å². The Labute approximate surface area is 154 Å². The van der Waals surface area contributed by atoms with Crippen LogP contribution in [0.3, 0.4) is 0 Å². The normalized spacial score (nSPS) is 11.2. The third-order valence-corrected chi connectivity index (χ3v) is 4.47. The number of halogens is 1. The van der Waals surface area contributed by atoms with Gasteiger partial charge in [-0.1, -0.05) is 23.4 Å². The highest BCUT2D eigenvalue weighted by atomic mass is 35.5. The molecule has 0 unspecified atom stereocenters. The Hall–Kier alpha value is -2.99. The summed E-state index contributed by atoms with van der Waals surface area (Å²) < 4.78 is 6.85. The zero-order valence-electron chi connectivity index (χ0n) is 14.0. The van der Waals surface area contributed by atoms with Crippen LogP contribution in [-0.4, -0.2) is 25.3 Å². The first-order chi connectivity index (χ1) is 12.7. The fourth-order valence-corrected chi connectivity index (χ4v) is 2.94. The van der Waals surface area contributed by atoms with Crippen molar-refractivity contribution in [2.75, 3.05) is 0 Å². The minimum Gasteiger partial charge on any atom is -0.338 e. The quantitative estimate of drug-likeness (QED) is 0.396. The van der Waals surface area contributed by atoms with E-state index < -0.39 is 0 Å². The van der Waals surface area contributed by atoms with Crippen LogP contribution in [0.1, 0.15) is 27.5 Å². The first-order valence-corrected chi connectivity index (χ1v) is 8.63. The SMILES string of the molecule is Cc1ccc(-c2noc(CCl)n2)cc1CC(=O)c1cnc2ccccn12. The van der Waals surface area contributed by atoms with Gasteiger partial charge in [-0.3, -0.25) is 9.20 Å². The first kappa shape index (κ1) is 16.5. The summed E-state index contributed by atoms with van der Waals surface area (Å²) in [6.07, 6.45) is 3.72. The number of pyridine rings is 1. The number of fused-ring (bicyclic) bond motifs is 1. The predicted octanol–water partition coefficient (Wildman–Crippen LogP) is 3.86. The summed E-state index contributed by atoms with van der Waals surface area (Å²) in [5.74, 6) is 0.992. The van der Waals surface area contributed by atoms with Crippen LogP contribution in [0.25, 0.3) is 17.0 Å². The van der Waals surface area contributed by atoms with Gasteiger partial charge >= 0.3 is 0 Å². The number of hydrogen-bond donors (Lipinski definition) is 0. The molecule has 4 rings (SSSR count). The van der Waals surface area contributed by atoms with Crippen LogP contribution in [0.4, 0.5) is 0 Å². The van der Waals surface area contributed by atoms with Gasteiger partial charge in [0.25, 0.3) is 0 Å². The summed E-state index contributed by atoms with van der Waals surface area (Å²) in [6, 6.07) is 11.4. The molecule has 0 saturated heterocycles. The third-order valence-electron chi connectivity index (χ3n) is 4.24. The molecule has 0 spiro atoms.